The van der Waals surface area contributed by atoms with Crippen molar-refractivity contribution in [1.29, 1.82) is 0 Å². The fourth-order valence-electron chi connectivity index (χ4n) is 5.76. The van der Waals surface area contributed by atoms with Gasteiger partial charge in [0.05, 0.1) is 13.2 Å². The molecule has 9 nitrogen and oxygen atoms in total. The lowest BCUT2D eigenvalue weighted by molar-refractivity contribution is -0.197. The molecule has 0 saturated carbocycles. The van der Waals surface area contributed by atoms with Crippen molar-refractivity contribution in [1.82, 2.24) is 5.06 Å². The van der Waals surface area contributed by atoms with Crippen LogP contribution in [0.1, 0.15) is 111 Å². The second kappa shape index (κ2) is 15.3. The number of rotatable bonds is 17. The van der Waals surface area contributed by atoms with Crippen LogP contribution in [-0.4, -0.2) is 48.6 Å². The molecule has 9 heteroatoms. The molecule has 1 saturated heterocycles. The Kier molecular flexibility index (Phi) is 12.2. The van der Waals surface area contributed by atoms with Crippen LogP contribution in [0.4, 0.5) is 0 Å². The first-order chi connectivity index (χ1) is 19.9. The van der Waals surface area contributed by atoms with Crippen molar-refractivity contribution >= 4 is 29.5 Å². The third kappa shape index (κ3) is 9.68. The van der Waals surface area contributed by atoms with E-state index in [9.17, 15) is 19.2 Å². The van der Waals surface area contributed by atoms with Gasteiger partial charge < -0.3 is 19.0 Å². The van der Waals surface area contributed by atoms with Crippen LogP contribution in [0.2, 0.25) is 0 Å². The van der Waals surface area contributed by atoms with E-state index in [1.165, 1.54) is 12.5 Å². The van der Waals surface area contributed by atoms with Crippen molar-refractivity contribution in [2.24, 2.45) is 10.8 Å². The lowest BCUT2D eigenvalue weighted by atomic mass is 9.70. The molecule has 3 rings (SSSR count). The van der Waals surface area contributed by atoms with Crippen molar-refractivity contribution in [3.05, 3.63) is 35.4 Å². The van der Waals surface area contributed by atoms with E-state index in [1.54, 1.807) is 6.07 Å². The van der Waals surface area contributed by atoms with Gasteiger partial charge in [-0.1, -0.05) is 78.4 Å². The molecule has 2 aliphatic rings. The molecule has 2 amide bonds. The van der Waals surface area contributed by atoms with E-state index in [0.717, 1.165) is 56.3 Å². The quantitative estimate of drug-likeness (QED) is 0.0878. The number of amides is 2. The Morgan fingerprint density at radius 1 is 0.952 bits per heavy atom. The standard InChI is InChI=1S/C33H47NO8/c1-24(35)41-26-16-14-15-25(21-26)30-31(33(4,5)23-40-30)32(2,3)22-39-20-13-11-9-7-6-8-10-12-17-29(38)42-34-27(36)18-19-28(34)37/h14-16,21H,6-13,17-20,22-23H2,1-5H3. The van der Waals surface area contributed by atoms with Gasteiger partial charge >= 0.3 is 11.9 Å². The molecule has 1 aromatic carbocycles. The minimum Gasteiger partial charge on any atom is -0.492 e. The van der Waals surface area contributed by atoms with E-state index in [2.05, 4.69) is 27.7 Å². The zero-order chi connectivity index (χ0) is 30.8. The van der Waals surface area contributed by atoms with Gasteiger partial charge in [-0.25, -0.2) is 4.79 Å². The second-order valence-corrected chi connectivity index (χ2v) is 12.6. The number of carbonyl (C=O) groups is 4. The molecule has 2 aliphatic heterocycles. The van der Waals surface area contributed by atoms with Crippen LogP contribution in [0, 0.1) is 10.8 Å². The minimum atomic E-state index is -0.521. The van der Waals surface area contributed by atoms with Gasteiger partial charge in [0.1, 0.15) is 11.5 Å². The summed E-state index contributed by atoms with van der Waals surface area (Å²) < 4.78 is 17.6. The molecule has 232 valence electrons. The first-order valence-corrected chi connectivity index (χ1v) is 15.2. The molecule has 0 N–H and O–H groups in total. The molecule has 1 aromatic rings. The fraction of sp³-hybridized carbons (Fsp3) is 0.636. The van der Waals surface area contributed by atoms with Crippen LogP contribution < -0.4 is 4.74 Å². The highest BCUT2D eigenvalue weighted by Gasteiger charge is 2.43. The van der Waals surface area contributed by atoms with E-state index in [4.69, 9.17) is 19.0 Å². The molecule has 0 spiro atoms. The number of nitrogens with zero attached hydrogens (tertiary/aromatic N) is 1. The van der Waals surface area contributed by atoms with Gasteiger partial charge in [-0.3, -0.25) is 14.4 Å². The fourth-order valence-corrected chi connectivity index (χ4v) is 5.76. The number of carbonyl (C=O) groups excluding carboxylic acids is 4. The van der Waals surface area contributed by atoms with Crippen molar-refractivity contribution in [2.45, 2.75) is 105 Å². The summed E-state index contributed by atoms with van der Waals surface area (Å²) in [6, 6.07) is 7.47. The number of esters is 1. The summed E-state index contributed by atoms with van der Waals surface area (Å²) in [6.45, 7) is 12.0. The Balaban J connectivity index is 1.31. The Labute approximate surface area is 249 Å². The molecule has 2 heterocycles. The van der Waals surface area contributed by atoms with Gasteiger partial charge in [-0.2, -0.15) is 0 Å². The van der Waals surface area contributed by atoms with E-state index in [0.29, 0.717) is 37.1 Å². The summed E-state index contributed by atoms with van der Waals surface area (Å²) in [4.78, 5) is 51.1. The van der Waals surface area contributed by atoms with Crippen LogP contribution in [0.25, 0.3) is 5.76 Å². The van der Waals surface area contributed by atoms with Gasteiger partial charge in [-0.15, -0.1) is 5.06 Å². The van der Waals surface area contributed by atoms with Crippen LogP contribution >= 0.6 is 0 Å². The predicted molar refractivity (Wildman–Crippen MR) is 158 cm³/mol. The van der Waals surface area contributed by atoms with Gasteiger partial charge in [0.25, 0.3) is 11.8 Å². The molecular weight excluding hydrogens is 538 g/mol. The highest BCUT2D eigenvalue weighted by molar-refractivity contribution is 6.01. The summed E-state index contributed by atoms with van der Waals surface area (Å²) in [6.07, 6.45) is 8.59. The van der Waals surface area contributed by atoms with Gasteiger partial charge in [0.15, 0.2) is 0 Å². The van der Waals surface area contributed by atoms with Crippen molar-refractivity contribution in [2.75, 3.05) is 19.8 Å². The molecule has 0 unspecified atom stereocenters. The molecule has 42 heavy (non-hydrogen) atoms. The second-order valence-electron chi connectivity index (χ2n) is 12.6. The lowest BCUT2D eigenvalue weighted by Gasteiger charge is -2.34. The Hall–Kier alpha value is -3.20. The van der Waals surface area contributed by atoms with Crippen LogP contribution in [0.5, 0.6) is 5.75 Å². The van der Waals surface area contributed by atoms with Crippen molar-refractivity contribution in [3.63, 3.8) is 0 Å². The van der Waals surface area contributed by atoms with E-state index < -0.39 is 17.8 Å². The lowest BCUT2D eigenvalue weighted by Crippen LogP contribution is -2.31. The first-order valence-electron chi connectivity index (χ1n) is 15.2. The summed E-state index contributed by atoms with van der Waals surface area (Å²) in [5, 5.41) is 0.611. The Morgan fingerprint density at radius 3 is 2.21 bits per heavy atom. The van der Waals surface area contributed by atoms with E-state index in [-0.39, 0.29) is 36.1 Å². The average Bonchev–Trinajstić information content (AvgIpc) is 3.42. The number of unbranched alkanes of at least 4 members (excludes halogenated alkanes) is 7. The van der Waals surface area contributed by atoms with E-state index in [1.807, 2.05) is 18.2 Å². The topological polar surface area (TPSA) is 108 Å². The predicted octanol–water partition coefficient (Wildman–Crippen LogP) is 6.54. The summed E-state index contributed by atoms with van der Waals surface area (Å²) in [5.41, 5.74) is 1.73. The number of benzene rings is 1. The third-order valence-electron chi connectivity index (χ3n) is 7.60. The monoisotopic (exact) mass is 585 g/mol. The molecule has 0 aromatic heterocycles. The summed E-state index contributed by atoms with van der Waals surface area (Å²) in [7, 11) is 0. The van der Waals surface area contributed by atoms with Crippen LogP contribution in [-0.2, 0) is 33.5 Å². The highest BCUT2D eigenvalue weighted by atomic mass is 16.7. The number of ether oxygens (including phenoxy) is 3. The molecular formula is C33H47NO8. The van der Waals surface area contributed by atoms with Gasteiger partial charge in [0.2, 0.25) is 0 Å². The van der Waals surface area contributed by atoms with Gasteiger partial charge in [0, 0.05) is 49.2 Å². The highest BCUT2D eigenvalue weighted by Crippen LogP contribution is 2.50. The number of hydroxylamine groups is 2. The number of hydrogen-bond acceptors (Lipinski definition) is 8. The number of hydrogen-bond donors (Lipinski definition) is 0. The third-order valence-corrected chi connectivity index (χ3v) is 7.60. The first kappa shape index (κ1) is 33.3. The maximum Gasteiger partial charge on any atom is 0.333 e. The zero-order valence-corrected chi connectivity index (χ0v) is 25.9. The number of imide groups is 1. The van der Waals surface area contributed by atoms with Crippen molar-refractivity contribution in [3.8, 4) is 5.75 Å². The maximum absolute atomic E-state index is 11.8. The largest absolute Gasteiger partial charge is 0.492 e. The zero-order valence-electron chi connectivity index (χ0n) is 25.9. The minimum absolute atomic E-state index is 0.111. The van der Waals surface area contributed by atoms with Crippen molar-refractivity contribution < 1.29 is 38.2 Å². The Morgan fingerprint density at radius 2 is 1.57 bits per heavy atom. The van der Waals surface area contributed by atoms with Crippen LogP contribution in [0.15, 0.2) is 29.8 Å². The summed E-state index contributed by atoms with van der Waals surface area (Å²) >= 11 is 0. The SMILES string of the molecule is CC(=O)Oc1cccc(C2=C(C(C)(C)COCCCCCCCCCCC(=O)ON3C(=O)CCC3=O)C(C)(C)CO2)c1. The Bertz CT molecular complexity index is 1140. The molecule has 0 atom stereocenters. The molecule has 0 bridgehead atoms. The van der Waals surface area contributed by atoms with Crippen LogP contribution in [0.3, 0.4) is 0 Å². The summed E-state index contributed by atoms with van der Waals surface area (Å²) in [5.74, 6) is -0.411. The molecule has 0 aliphatic carbocycles. The average molecular weight is 586 g/mol. The van der Waals surface area contributed by atoms with E-state index >= 15 is 0 Å². The molecule has 1 fully saturated rings. The molecule has 0 radical (unpaired) electrons. The smallest absolute Gasteiger partial charge is 0.333 e. The maximum atomic E-state index is 11.8. The van der Waals surface area contributed by atoms with Gasteiger partial charge in [-0.05, 0) is 30.5 Å². The normalized spacial score (nSPS) is 16.6.